The van der Waals surface area contributed by atoms with Gasteiger partial charge in [0.2, 0.25) is 5.91 Å². The number of unbranched alkanes of at least 4 members (excludes halogenated alkanes) is 44. The van der Waals surface area contributed by atoms with Crippen LogP contribution in [-0.2, 0) is 4.79 Å². The predicted octanol–water partition coefficient (Wildman–Crippen LogP) is 18.5. The fraction of sp³-hybridized carbons (Fsp3) is 0.947. The Morgan fingerprint density at radius 1 is 0.377 bits per heavy atom. The van der Waals surface area contributed by atoms with Gasteiger partial charge in [-0.1, -0.05) is 296 Å². The molecule has 61 heavy (non-hydrogen) atoms. The molecule has 0 aliphatic carbocycles. The Morgan fingerprint density at radius 2 is 0.623 bits per heavy atom. The minimum Gasteiger partial charge on any atom is -0.394 e. The first-order valence-electron chi connectivity index (χ1n) is 28.4. The number of hydrogen-bond acceptors (Lipinski definition) is 3. The number of nitrogens with one attached hydrogen (secondary N) is 1. The highest BCUT2D eigenvalue weighted by Crippen LogP contribution is 2.18. The number of aliphatic hydroxyl groups is 2. The first-order valence-corrected chi connectivity index (χ1v) is 28.4. The van der Waals surface area contributed by atoms with E-state index >= 15 is 0 Å². The minimum absolute atomic E-state index is 0.0258. The summed E-state index contributed by atoms with van der Waals surface area (Å²) in [6.45, 7) is 4.40. The van der Waals surface area contributed by atoms with Gasteiger partial charge in [-0.15, -0.1) is 0 Å². The van der Waals surface area contributed by atoms with E-state index in [0.29, 0.717) is 12.8 Å². The third-order valence-corrected chi connectivity index (χ3v) is 13.5. The lowest BCUT2D eigenvalue weighted by Gasteiger charge is -2.22. The zero-order valence-electron chi connectivity index (χ0n) is 42.0. The van der Waals surface area contributed by atoms with Gasteiger partial charge in [-0.3, -0.25) is 4.79 Å². The van der Waals surface area contributed by atoms with E-state index < -0.39 is 12.1 Å². The summed E-state index contributed by atoms with van der Waals surface area (Å²) in [6, 6.07) is -0.535. The SMILES string of the molecule is CCCCCCCCCC/C=C\CCCCCCCCCCCCCC(=O)NC(CO)C(O)CCCCCCCCCCCCCCCCCCCCCCCCCCCC. The molecule has 0 heterocycles. The molecule has 0 bridgehead atoms. The monoisotopic (exact) mass is 860 g/mol. The summed E-state index contributed by atoms with van der Waals surface area (Å²) in [5, 5.41) is 23.4. The highest BCUT2D eigenvalue weighted by atomic mass is 16.3. The molecule has 0 saturated carbocycles. The third-order valence-electron chi connectivity index (χ3n) is 13.5. The van der Waals surface area contributed by atoms with Gasteiger partial charge in [-0.2, -0.15) is 0 Å². The Morgan fingerprint density at radius 3 is 0.902 bits per heavy atom. The number of hydrogen-bond donors (Lipinski definition) is 3. The van der Waals surface area contributed by atoms with Crippen LogP contribution >= 0.6 is 0 Å². The fourth-order valence-electron chi connectivity index (χ4n) is 9.18. The van der Waals surface area contributed by atoms with Gasteiger partial charge < -0.3 is 15.5 Å². The Labute approximate surface area is 384 Å². The van der Waals surface area contributed by atoms with Crippen LogP contribution in [-0.4, -0.2) is 34.9 Å². The second-order valence-corrected chi connectivity index (χ2v) is 19.7. The number of amides is 1. The lowest BCUT2D eigenvalue weighted by atomic mass is 10.0. The van der Waals surface area contributed by atoms with Crippen molar-refractivity contribution >= 4 is 5.91 Å². The van der Waals surface area contributed by atoms with Crippen molar-refractivity contribution in [2.24, 2.45) is 0 Å². The molecular formula is C57H113NO3. The van der Waals surface area contributed by atoms with Crippen molar-refractivity contribution in [2.45, 2.75) is 341 Å². The Balaban J connectivity index is 3.42. The molecule has 2 atom stereocenters. The first-order chi connectivity index (χ1) is 30.2. The topological polar surface area (TPSA) is 69.6 Å². The second-order valence-electron chi connectivity index (χ2n) is 19.7. The van der Waals surface area contributed by atoms with Crippen LogP contribution in [0, 0.1) is 0 Å². The van der Waals surface area contributed by atoms with Crippen LogP contribution in [0.25, 0.3) is 0 Å². The van der Waals surface area contributed by atoms with Gasteiger partial charge in [0.1, 0.15) is 0 Å². The highest BCUT2D eigenvalue weighted by molar-refractivity contribution is 5.76. The maximum absolute atomic E-state index is 12.5. The van der Waals surface area contributed by atoms with Gasteiger partial charge in [0.05, 0.1) is 18.8 Å². The Kier molecular flexibility index (Phi) is 52.7. The summed E-state index contributed by atoms with van der Waals surface area (Å²) < 4.78 is 0. The molecule has 3 N–H and O–H groups in total. The van der Waals surface area contributed by atoms with E-state index in [1.807, 2.05) is 0 Å². The van der Waals surface area contributed by atoms with E-state index in [-0.39, 0.29) is 12.5 Å². The Bertz CT molecular complexity index is 844. The molecule has 4 nitrogen and oxygen atoms in total. The maximum Gasteiger partial charge on any atom is 0.220 e. The van der Waals surface area contributed by atoms with Crippen LogP contribution in [0.2, 0.25) is 0 Å². The van der Waals surface area contributed by atoms with Crippen molar-refractivity contribution in [3.05, 3.63) is 12.2 Å². The maximum atomic E-state index is 12.5. The normalized spacial score (nSPS) is 12.8. The van der Waals surface area contributed by atoms with Gasteiger partial charge in [0.25, 0.3) is 0 Å². The quantitative estimate of drug-likeness (QED) is 0.0421. The predicted molar refractivity (Wildman–Crippen MR) is 272 cm³/mol. The summed E-state index contributed by atoms with van der Waals surface area (Å²) >= 11 is 0. The molecule has 0 spiro atoms. The van der Waals surface area contributed by atoms with Crippen molar-refractivity contribution in [1.82, 2.24) is 5.32 Å². The van der Waals surface area contributed by atoms with Crippen molar-refractivity contribution in [3.8, 4) is 0 Å². The standard InChI is InChI=1S/C57H113NO3/c1-3-5-7-9-11-13-15-17-19-21-23-25-27-28-29-31-32-34-36-38-40-42-44-46-48-50-52-56(60)55(54-59)58-57(61)53-51-49-47-45-43-41-39-37-35-33-30-26-24-22-20-18-16-14-12-10-8-6-4-2/h22,24,55-56,59-60H,3-21,23,25-54H2,1-2H3,(H,58,61)/b24-22-. The molecule has 0 rings (SSSR count). The molecule has 0 aliphatic heterocycles. The molecule has 0 aromatic rings. The molecule has 0 radical (unpaired) electrons. The van der Waals surface area contributed by atoms with Crippen LogP contribution in [0.4, 0.5) is 0 Å². The number of aliphatic hydroxyl groups excluding tert-OH is 2. The molecule has 0 aromatic carbocycles. The highest BCUT2D eigenvalue weighted by Gasteiger charge is 2.20. The summed E-state index contributed by atoms with van der Waals surface area (Å²) in [4.78, 5) is 12.5. The van der Waals surface area contributed by atoms with Crippen LogP contribution < -0.4 is 5.32 Å². The van der Waals surface area contributed by atoms with E-state index in [9.17, 15) is 15.0 Å². The van der Waals surface area contributed by atoms with Crippen molar-refractivity contribution in [2.75, 3.05) is 6.61 Å². The zero-order valence-corrected chi connectivity index (χ0v) is 42.0. The van der Waals surface area contributed by atoms with Crippen LogP contribution in [0.5, 0.6) is 0 Å². The largest absolute Gasteiger partial charge is 0.394 e. The fourth-order valence-corrected chi connectivity index (χ4v) is 9.18. The van der Waals surface area contributed by atoms with E-state index in [1.165, 1.54) is 276 Å². The zero-order chi connectivity index (χ0) is 44.2. The second kappa shape index (κ2) is 53.5. The number of allylic oxidation sites excluding steroid dienone is 2. The number of carbonyl (C=O) groups excluding carboxylic acids is 1. The van der Waals surface area contributed by atoms with Crippen LogP contribution in [0.1, 0.15) is 328 Å². The molecule has 0 aliphatic rings. The first kappa shape index (κ1) is 60.1. The van der Waals surface area contributed by atoms with E-state index in [1.54, 1.807) is 0 Å². The van der Waals surface area contributed by atoms with Gasteiger partial charge >= 0.3 is 0 Å². The average molecular weight is 861 g/mol. The lowest BCUT2D eigenvalue weighted by molar-refractivity contribution is -0.123. The smallest absolute Gasteiger partial charge is 0.220 e. The molecule has 0 aromatic heterocycles. The summed E-state index contributed by atoms with van der Waals surface area (Å²) in [5.41, 5.74) is 0. The molecule has 4 heteroatoms. The molecule has 1 amide bonds. The van der Waals surface area contributed by atoms with Gasteiger partial charge in [0, 0.05) is 6.42 Å². The lowest BCUT2D eigenvalue weighted by Crippen LogP contribution is -2.45. The van der Waals surface area contributed by atoms with Gasteiger partial charge in [0.15, 0.2) is 0 Å². The molecular weight excluding hydrogens is 747 g/mol. The van der Waals surface area contributed by atoms with E-state index in [0.717, 1.165) is 25.7 Å². The molecule has 0 saturated heterocycles. The molecule has 2 unspecified atom stereocenters. The van der Waals surface area contributed by atoms with Crippen LogP contribution in [0.15, 0.2) is 12.2 Å². The van der Waals surface area contributed by atoms with Crippen molar-refractivity contribution in [1.29, 1.82) is 0 Å². The summed E-state index contributed by atoms with van der Waals surface area (Å²) in [7, 11) is 0. The van der Waals surface area contributed by atoms with Crippen molar-refractivity contribution in [3.63, 3.8) is 0 Å². The molecule has 364 valence electrons. The average Bonchev–Trinajstić information content (AvgIpc) is 3.26. The van der Waals surface area contributed by atoms with E-state index in [4.69, 9.17) is 0 Å². The molecule has 0 fully saturated rings. The Hall–Kier alpha value is -0.870. The third kappa shape index (κ3) is 50.0. The number of carbonyl (C=O) groups is 1. The summed E-state index contributed by atoms with van der Waals surface area (Å²) in [5.74, 6) is -0.0258. The minimum atomic E-state index is -0.658. The number of rotatable bonds is 53. The van der Waals surface area contributed by atoms with Crippen LogP contribution in [0.3, 0.4) is 0 Å². The van der Waals surface area contributed by atoms with Gasteiger partial charge in [-0.25, -0.2) is 0 Å². The summed E-state index contributed by atoms with van der Waals surface area (Å²) in [6.07, 6.45) is 69.1. The van der Waals surface area contributed by atoms with Gasteiger partial charge in [-0.05, 0) is 38.5 Å². The van der Waals surface area contributed by atoms with E-state index in [2.05, 4.69) is 31.3 Å². The van der Waals surface area contributed by atoms with Crippen molar-refractivity contribution < 1.29 is 15.0 Å².